The predicted octanol–water partition coefficient (Wildman–Crippen LogP) is -6.12. The van der Waals surface area contributed by atoms with Crippen LogP contribution < -0.4 is 64.4 Å². The van der Waals surface area contributed by atoms with Crippen LogP contribution in [0.5, 0.6) is 0 Å². The molecule has 0 saturated heterocycles. The van der Waals surface area contributed by atoms with Crippen molar-refractivity contribution in [2.75, 3.05) is 18.8 Å². The molecule has 0 aliphatic heterocycles. The van der Waals surface area contributed by atoms with Gasteiger partial charge in [0.05, 0.1) is 5.75 Å². The van der Waals surface area contributed by atoms with Gasteiger partial charge in [-0.25, -0.2) is 0 Å². The van der Waals surface area contributed by atoms with Gasteiger partial charge in [-0.3, -0.25) is 4.55 Å². The molecule has 0 atom stereocenters. The summed E-state index contributed by atoms with van der Waals surface area (Å²) < 4.78 is 28.4. The second-order valence-corrected chi connectivity index (χ2v) is 3.35. The van der Waals surface area contributed by atoms with Crippen LogP contribution in [0.3, 0.4) is 0 Å². The van der Waals surface area contributed by atoms with Crippen molar-refractivity contribution in [2.45, 2.75) is 0 Å². The van der Waals surface area contributed by atoms with Crippen molar-refractivity contribution in [3.63, 3.8) is 0 Å². The summed E-state index contributed by atoms with van der Waals surface area (Å²) in [5.74, 6) is -0.249. The molecule has 2 N–H and O–H groups in total. The van der Waals surface area contributed by atoms with E-state index in [4.69, 9.17) is 4.55 Å². The third-order valence-corrected chi connectivity index (χ3v) is 1.55. The van der Waals surface area contributed by atoms with Gasteiger partial charge < -0.3 is 8.17 Å². The van der Waals surface area contributed by atoms with E-state index in [1.165, 1.54) is 0 Å². The molecule has 0 amide bonds. The van der Waals surface area contributed by atoms with Gasteiger partial charge in [0.2, 0.25) is 0 Å². The number of hydrogen-bond acceptors (Lipinski definition) is 3. The normalized spacial score (nSPS) is 9.42. The topological polar surface area (TPSA) is 66.4 Å². The standard InChI is InChI=1S/C5H11NO3S.2Na.2H/c1-2-3-6-4-5-10(7,8)9;;;;/h2,6H,1,3-5H2,(H,7,8,9);;;;/q;2*+1;2*-1. The van der Waals surface area contributed by atoms with Gasteiger partial charge in [-0.05, 0) is 0 Å². The van der Waals surface area contributed by atoms with Crippen molar-refractivity contribution in [3.8, 4) is 0 Å². The second-order valence-electron chi connectivity index (χ2n) is 1.78. The molecule has 64 valence electrons. The molecule has 0 fully saturated rings. The first-order chi connectivity index (χ1) is 4.56. The molecule has 0 spiro atoms. The third-order valence-electron chi connectivity index (χ3n) is 0.825. The minimum absolute atomic E-state index is 0. The summed E-state index contributed by atoms with van der Waals surface area (Å²) >= 11 is 0. The summed E-state index contributed by atoms with van der Waals surface area (Å²) in [5, 5.41) is 2.73. The Morgan fingerprint density at radius 1 is 1.50 bits per heavy atom. The molecule has 0 unspecified atom stereocenters. The van der Waals surface area contributed by atoms with Crippen LogP contribution in [0.4, 0.5) is 0 Å². The SMILES string of the molecule is C=CCNCCS(=O)(=O)O.[H-].[H-].[Na+].[Na+]. The van der Waals surface area contributed by atoms with Crippen LogP contribution in [0.15, 0.2) is 12.7 Å². The summed E-state index contributed by atoms with van der Waals surface area (Å²) in [5.41, 5.74) is 0. The Balaban J connectivity index is -0.0000000675. The van der Waals surface area contributed by atoms with Gasteiger partial charge in [0.1, 0.15) is 0 Å². The summed E-state index contributed by atoms with van der Waals surface area (Å²) in [6.07, 6.45) is 1.62. The fourth-order valence-electron chi connectivity index (χ4n) is 0.405. The van der Waals surface area contributed by atoms with E-state index < -0.39 is 10.1 Å². The molecule has 0 aliphatic carbocycles. The fourth-order valence-corrected chi connectivity index (χ4v) is 0.808. The van der Waals surface area contributed by atoms with Crippen LogP contribution in [0.1, 0.15) is 2.85 Å². The van der Waals surface area contributed by atoms with Gasteiger partial charge in [0.15, 0.2) is 0 Å². The maximum Gasteiger partial charge on any atom is 1.00 e. The van der Waals surface area contributed by atoms with Gasteiger partial charge in [-0.1, -0.05) is 6.08 Å². The Bertz CT molecular complexity index is 201. The van der Waals surface area contributed by atoms with Crippen LogP contribution in [0.2, 0.25) is 0 Å². The molecule has 0 bridgehead atoms. The predicted molar refractivity (Wildman–Crippen MR) is 41.7 cm³/mol. The average Bonchev–Trinajstić information content (AvgIpc) is 1.78. The second kappa shape index (κ2) is 10.7. The van der Waals surface area contributed by atoms with Crippen molar-refractivity contribution < 1.29 is 74.9 Å². The fraction of sp³-hybridized carbons (Fsp3) is 0.600. The summed E-state index contributed by atoms with van der Waals surface area (Å²) in [7, 11) is -3.80. The van der Waals surface area contributed by atoms with E-state index in [0.717, 1.165) is 0 Å². The summed E-state index contributed by atoms with van der Waals surface area (Å²) in [6, 6.07) is 0. The Kier molecular flexibility index (Phi) is 17.1. The quantitative estimate of drug-likeness (QED) is 0.206. The molecule has 0 rings (SSSR count). The van der Waals surface area contributed by atoms with Crippen molar-refractivity contribution in [1.29, 1.82) is 0 Å². The summed E-state index contributed by atoms with van der Waals surface area (Å²) in [6.45, 7) is 4.23. The molecule has 0 heterocycles. The van der Waals surface area contributed by atoms with Gasteiger partial charge in [0, 0.05) is 13.1 Å². The van der Waals surface area contributed by atoms with E-state index in [1.54, 1.807) is 6.08 Å². The average molecular weight is 213 g/mol. The first-order valence-electron chi connectivity index (χ1n) is 2.83. The Morgan fingerprint density at radius 2 is 2.00 bits per heavy atom. The molecule has 0 aliphatic rings. The van der Waals surface area contributed by atoms with Crippen LogP contribution >= 0.6 is 0 Å². The van der Waals surface area contributed by atoms with Crippen molar-refractivity contribution in [3.05, 3.63) is 12.7 Å². The number of rotatable bonds is 5. The smallest absolute Gasteiger partial charge is 1.00 e. The van der Waals surface area contributed by atoms with E-state index in [2.05, 4.69) is 11.9 Å². The van der Waals surface area contributed by atoms with E-state index in [0.29, 0.717) is 6.54 Å². The molecule has 7 heteroatoms. The van der Waals surface area contributed by atoms with Crippen molar-refractivity contribution in [2.24, 2.45) is 0 Å². The zero-order valence-corrected chi connectivity index (χ0v) is 12.4. The molecule has 0 radical (unpaired) electrons. The Morgan fingerprint density at radius 3 is 2.33 bits per heavy atom. The third kappa shape index (κ3) is 17.6. The van der Waals surface area contributed by atoms with Crippen molar-refractivity contribution in [1.82, 2.24) is 5.32 Å². The molecule has 12 heavy (non-hydrogen) atoms. The first kappa shape index (κ1) is 19.2. The minimum Gasteiger partial charge on any atom is -1.00 e. The van der Waals surface area contributed by atoms with Gasteiger partial charge in [0.25, 0.3) is 10.1 Å². The number of hydrogen-bond donors (Lipinski definition) is 2. The molecule has 0 aromatic heterocycles. The molecule has 0 aromatic carbocycles. The molecular formula is C5H13NNa2O3S. The Labute approximate surface area is 120 Å². The van der Waals surface area contributed by atoms with E-state index >= 15 is 0 Å². The van der Waals surface area contributed by atoms with Crippen LogP contribution in [0.25, 0.3) is 0 Å². The van der Waals surface area contributed by atoms with Gasteiger partial charge in [-0.15, -0.1) is 6.58 Å². The van der Waals surface area contributed by atoms with Crippen LogP contribution in [0, 0.1) is 0 Å². The van der Waals surface area contributed by atoms with Crippen LogP contribution in [-0.4, -0.2) is 31.8 Å². The van der Waals surface area contributed by atoms with Gasteiger partial charge >= 0.3 is 59.1 Å². The van der Waals surface area contributed by atoms with E-state index in [-0.39, 0.29) is 74.3 Å². The van der Waals surface area contributed by atoms with Crippen LogP contribution in [-0.2, 0) is 10.1 Å². The first-order valence-corrected chi connectivity index (χ1v) is 4.44. The van der Waals surface area contributed by atoms with E-state index in [9.17, 15) is 8.42 Å². The Hall–Kier alpha value is 1.61. The summed E-state index contributed by atoms with van der Waals surface area (Å²) in [4.78, 5) is 0. The van der Waals surface area contributed by atoms with Gasteiger partial charge in [-0.2, -0.15) is 8.42 Å². The van der Waals surface area contributed by atoms with E-state index in [1.807, 2.05) is 0 Å². The molecular weight excluding hydrogens is 200 g/mol. The zero-order valence-electron chi connectivity index (χ0n) is 9.58. The molecule has 0 saturated carbocycles. The maximum absolute atomic E-state index is 10.1. The maximum atomic E-state index is 10.1. The largest absolute Gasteiger partial charge is 1.00 e. The molecule has 0 aromatic rings. The monoisotopic (exact) mass is 213 g/mol. The van der Waals surface area contributed by atoms with Crippen molar-refractivity contribution >= 4 is 10.1 Å². The minimum atomic E-state index is -3.80. The molecule has 4 nitrogen and oxygen atoms in total. The zero-order chi connectivity index (χ0) is 8.04. The number of nitrogens with one attached hydrogen (secondary N) is 1.